The lowest BCUT2D eigenvalue weighted by Gasteiger charge is -2.38. The Kier molecular flexibility index (Phi) is 4.85. The van der Waals surface area contributed by atoms with E-state index < -0.39 is 26.5 Å². The molecule has 3 rings (SSSR count). The maximum absolute atomic E-state index is 12.4. The molecule has 7 nitrogen and oxygen atoms in total. The van der Waals surface area contributed by atoms with Crippen molar-refractivity contribution in [1.82, 2.24) is 10.3 Å². The van der Waals surface area contributed by atoms with Crippen molar-refractivity contribution in [2.24, 2.45) is 0 Å². The number of rotatable bonds is 6. The van der Waals surface area contributed by atoms with Crippen LogP contribution in [0.4, 0.5) is 0 Å². The van der Waals surface area contributed by atoms with Crippen molar-refractivity contribution in [2.75, 3.05) is 6.26 Å². The van der Waals surface area contributed by atoms with Crippen molar-refractivity contribution >= 4 is 33.1 Å². The summed E-state index contributed by atoms with van der Waals surface area (Å²) in [5.74, 6) is -1.54. The maximum Gasteiger partial charge on any atom is 0.355 e. The van der Waals surface area contributed by atoms with Gasteiger partial charge < -0.3 is 10.4 Å². The van der Waals surface area contributed by atoms with Crippen LogP contribution in [0, 0.1) is 0 Å². The zero-order valence-electron chi connectivity index (χ0n) is 14.1. The number of carbonyl (C=O) groups excluding carboxylic acids is 1. The number of benzene rings is 1. The molecule has 1 saturated carbocycles. The summed E-state index contributed by atoms with van der Waals surface area (Å²) in [7, 11) is -3.46. The summed E-state index contributed by atoms with van der Waals surface area (Å²) in [5, 5.41) is 13.7. The fraction of sp³-hybridized carbons (Fsp3) is 0.353. The fourth-order valence-electron chi connectivity index (χ4n) is 2.93. The molecule has 1 fully saturated rings. The molecule has 0 atom stereocenters. The molecule has 2 N–H and O–H groups in total. The lowest BCUT2D eigenvalue weighted by Crippen LogP contribution is -2.56. The Labute approximate surface area is 155 Å². The largest absolute Gasteiger partial charge is 0.476 e. The van der Waals surface area contributed by atoms with Crippen LogP contribution in [0.5, 0.6) is 0 Å². The minimum Gasteiger partial charge on any atom is -0.476 e. The monoisotopic (exact) mass is 394 g/mol. The van der Waals surface area contributed by atoms with Gasteiger partial charge in [-0.1, -0.05) is 18.2 Å². The Morgan fingerprint density at radius 3 is 2.62 bits per heavy atom. The van der Waals surface area contributed by atoms with Gasteiger partial charge in [-0.2, -0.15) is 0 Å². The number of nitrogens with zero attached hydrogens (tertiary/aromatic N) is 1. The first kappa shape index (κ1) is 18.5. The fourth-order valence-corrected chi connectivity index (χ4v) is 5.16. The third-order valence-electron chi connectivity index (χ3n) is 4.64. The highest BCUT2D eigenvalue weighted by atomic mass is 32.2. The molecule has 138 valence electrons. The molecule has 0 bridgehead atoms. The highest BCUT2D eigenvalue weighted by Crippen LogP contribution is 2.39. The quantitative estimate of drug-likeness (QED) is 0.776. The Morgan fingerprint density at radius 2 is 2.08 bits per heavy atom. The molecule has 0 saturated heterocycles. The van der Waals surface area contributed by atoms with Gasteiger partial charge >= 0.3 is 5.97 Å². The van der Waals surface area contributed by atoms with E-state index in [0.29, 0.717) is 17.8 Å². The van der Waals surface area contributed by atoms with Gasteiger partial charge in [0.15, 0.2) is 15.5 Å². The van der Waals surface area contributed by atoms with Crippen LogP contribution >= 0.6 is 11.3 Å². The summed E-state index contributed by atoms with van der Waals surface area (Å²) in [6, 6.07) is 7.20. The van der Waals surface area contributed by atoms with Gasteiger partial charge in [0, 0.05) is 23.7 Å². The molecule has 26 heavy (non-hydrogen) atoms. The molecule has 1 aromatic heterocycles. The summed E-state index contributed by atoms with van der Waals surface area (Å²) >= 11 is 1.23. The van der Waals surface area contributed by atoms with Crippen molar-refractivity contribution in [3.8, 4) is 10.6 Å². The SMILES string of the molecule is CS(=O)(=O)C1(C(=O)NCc2cccc(-c3nc(C(=O)O)cs3)c2)CCC1. The molecule has 0 unspecified atom stereocenters. The van der Waals surface area contributed by atoms with E-state index >= 15 is 0 Å². The van der Waals surface area contributed by atoms with Crippen LogP contribution in [0.2, 0.25) is 0 Å². The number of hydrogen-bond donors (Lipinski definition) is 2. The van der Waals surface area contributed by atoms with Gasteiger partial charge in [0.1, 0.15) is 9.75 Å². The number of sulfone groups is 1. The third kappa shape index (κ3) is 3.36. The minimum atomic E-state index is -3.46. The third-order valence-corrected chi connectivity index (χ3v) is 7.54. The first-order chi connectivity index (χ1) is 12.2. The number of thiazole rings is 1. The molecule has 1 aliphatic rings. The standard InChI is InChI=1S/C17H18N2O5S2/c1-26(23,24)17(6-3-7-17)16(22)18-9-11-4-2-5-12(8-11)14-19-13(10-25-14)15(20)21/h2,4-5,8,10H,3,6-7,9H2,1H3,(H,18,22)(H,20,21). The number of aromatic carboxylic acids is 1. The second-order valence-electron chi connectivity index (χ2n) is 6.35. The van der Waals surface area contributed by atoms with Gasteiger partial charge in [-0.05, 0) is 30.9 Å². The van der Waals surface area contributed by atoms with E-state index in [0.717, 1.165) is 23.8 Å². The predicted molar refractivity (Wildman–Crippen MR) is 97.8 cm³/mol. The lowest BCUT2D eigenvalue weighted by molar-refractivity contribution is -0.125. The summed E-state index contributed by atoms with van der Waals surface area (Å²) < 4.78 is 22.6. The Morgan fingerprint density at radius 1 is 1.35 bits per heavy atom. The van der Waals surface area contributed by atoms with Gasteiger partial charge in [-0.25, -0.2) is 18.2 Å². The highest BCUT2D eigenvalue weighted by Gasteiger charge is 2.52. The van der Waals surface area contributed by atoms with Gasteiger partial charge in [0.05, 0.1) is 0 Å². The number of carboxylic acids is 1. The lowest BCUT2D eigenvalue weighted by atomic mass is 9.83. The first-order valence-corrected chi connectivity index (χ1v) is 10.8. The van der Waals surface area contributed by atoms with E-state index in [1.54, 1.807) is 18.2 Å². The average molecular weight is 394 g/mol. The van der Waals surface area contributed by atoms with E-state index in [9.17, 15) is 18.0 Å². The molecule has 0 radical (unpaired) electrons. The van der Waals surface area contributed by atoms with Gasteiger partial charge in [0.2, 0.25) is 5.91 Å². The van der Waals surface area contributed by atoms with Crippen molar-refractivity contribution in [3.05, 3.63) is 40.9 Å². The van der Waals surface area contributed by atoms with E-state index in [1.165, 1.54) is 16.7 Å². The van der Waals surface area contributed by atoms with Gasteiger partial charge in [-0.15, -0.1) is 11.3 Å². The summed E-state index contributed by atoms with van der Waals surface area (Å²) in [5.41, 5.74) is 1.52. The zero-order chi connectivity index (χ0) is 18.9. The molecule has 1 amide bonds. The molecule has 2 aromatic rings. The molecule has 9 heteroatoms. The van der Waals surface area contributed by atoms with Crippen LogP contribution in [0.3, 0.4) is 0 Å². The minimum absolute atomic E-state index is 0.0104. The molecule has 1 heterocycles. The topological polar surface area (TPSA) is 113 Å². The number of amides is 1. The average Bonchev–Trinajstić information content (AvgIpc) is 3.01. The van der Waals surface area contributed by atoms with Crippen LogP contribution in [0.25, 0.3) is 10.6 Å². The van der Waals surface area contributed by atoms with Crippen molar-refractivity contribution in [2.45, 2.75) is 30.6 Å². The molecular weight excluding hydrogens is 376 g/mol. The van der Waals surface area contributed by atoms with E-state index in [1.807, 2.05) is 6.07 Å². The second-order valence-corrected chi connectivity index (χ2v) is 9.53. The maximum atomic E-state index is 12.4. The Balaban J connectivity index is 1.73. The molecule has 1 aliphatic carbocycles. The van der Waals surface area contributed by atoms with Crippen LogP contribution in [0.1, 0.15) is 35.3 Å². The Hall–Kier alpha value is -2.26. The first-order valence-electron chi connectivity index (χ1n) is 7.99. The van der Waals surface area contributed by atoms with E-state index in [-0.39, 0.29) is 12.2 Å². The van der Waals surface area contributed by atoms with Crippen molar-refractivity contribution in [3.63, 3.8) is 0 Å². The van der Waals surface area contributed by atoms with Crippen molar-refractivity contribution in [1.29, 1.82) is 0 Å². The number of nitrogens with one attached hydrogen (secondary N) is 1. The smallest absolute Gasteiger partial charge is 0.355 e. The van der Waals surface area contributed by atoms with Gasteiger partial charge in [-0.3, -0.25) is 4.79 Å². The molecular formula is C17H18N2O5S2. The molecule has 0 aliphatic heterocycles. The zero-order valence-corrected chi connectivity index (χ0v) is 15.7. The summed E-state index contributed by atoms with van der Waals surface area (Å²) in [6.07, 6.45) is 2.55. The van der Waals surface area contributed by atoms with Crippen molar-refractivity contribution < 1.29 is 23.1 Å². The number of carbonyl (C=O) groups is 2. The molecule has 0 spiro atoms. The number of hydrogen-bond acceptors (Lipinski definition) is 6. The normalized spacial score (nSPS) is 15.9. The number of aromatic nitrogens is 1. The second kappa shape index (κ2) is 6.81. The Bertz CT molecular complexity index is 961. The van der Waals surface area contributed by atoms with Crippen LogP contribution in [0.15, 0.2) is 29.6 Å². The van der Waals surface area contributed by atoms with Crippen LogP contribution in [-0.4, -0.2) is 41.4 Å². The molecule has 1 aromatic carbocycles. The van der Waals surface area contributed by atoms with Gasteiger partial charge in [0.25, 0.3) is 0 Å². The summed E-state index contributed by atoms with van der Waals surface area (Å²) in [6.45, 7) is 0.196. The van der Waals surface area contributed by atoms with Crippen LogP contribution < -0.4 is 5.32 Å². The summed E-state index contributed by atoms with van der Waals surface area (Å²) in [4.78, 5) is 27.4. The number of carboxylic acid groups (broad SMARTS) is 1. The van der Waals surface area contributed by atoms with Crippen LogP contribution in [-0.2, 0) is 21.2 Å². The van der Waals surface area contributed by atoms with E-state index in [2.05, 4.69) is 10.3 Å². The highest BCUT2D eigenvalue weighted by molar-refractivity contribution is 7.93. The predicted octanol–water partition coefficient (Wildman–Crippen LogP) is 2.09. The van der Waals surface area contributed by atoms with E-state index in [4.69, 9.17) is 5.11 Å².